The number of hydrogen-bond acceptors (Lipinski definition) is 1. The number of rotatable bonds is 7. The molecule has 0 radical (unpaired) electrons. The second-order valence-electron chi connectivity index (χ2n) is 6.22. The topological polar surface area (TPSA) is 12.0 Å². The molecule has 1 unspecified atom stereocenters. The van der Waals surface area contributed by atoms with Crippen molar-refractivity contribution in [3.63, 3.8) is 0 Å². The van der Waals surface area contributed by atoms with E-state index in [4.69, 9.17) is 11.6 Å². The lowest BCUT2D eigenvalue weighted by Gasteiger charge is -2.25. The average molecular weight is 284 g/mol. The zero-order valence-electron chi connectivity index (χ0n) is 12.1. The van der Waals surface area contributed by atoms with Gasteiger partial charge in [0.25, 0.3) is 0 Å². The molecule has 0 aliphatic rings. The van der Waals surface area contributed by atoms with Crippen LogP contribution < -0.4 is 5.32 Å². The van der Waals surface area contributed by atoms with Crippen molar-refractivity contribution in [1.82, 2.24) is 5.32 Å². The number of hydrogen-bond donors (Lipinski definition) is 1. The van der Waals surface area contributed by atoms with E-state index >= 15 is 0 Å². The van der Waals surface area contributed by atoms with Crippen LogP contribution in [0.4, 0.5) is 0 Å². The predicted molar refractivity (Wildman–Crippen MR) is 85.5 cm³/mol. The van der Waals surface area contributed by atoms with E-state index < -0.39 is 8.07 Å². The van der Waals surface area contributed by atoms with E-state index in [0.717, 1.165) is 18.1 Å². The summed E-state index contributed by atoms with van der Waals surface area (Å²) in [6.07, 6.45) is 1.19. The van der Waals surface area contributed by atoms with Crippen LogP contribution in [-0.4, -0.2) is 21.2 Å². The molecule has 1 nitrogen and oxygen atoms in total. The molecular weight excluding hydrogens is 258 g/mol. The summed E-state index contributed by atoms with van der Waals surface area (Å²) in [5, 5.41) is 4.39. The van der Waals surface area contributed by atoms with Crippen LogP contribution in [0.25, 0.3) is 0 Å². The van der Waals surface area contributed by atoms with Crippen LogP contribution in [0.3, 0.4) is 0 Å². The van der Waals surface area contributed by atoms with Gasteiger partial charge in [0.15, 0.2) is 0 Å². The van der Waals surface area contributed by atoms with Gasteiger partial charge in [-0.05, 0) is 42.6 Å². The number of nitrogens with one attached hydrogen (secondary N) is 1. The van der Waals surface area contributed by atoms with Gasteiger partial charge in [0.1, 0.15) is 0 Å². The summed E-state index contributed by atoms with van der Waals surface area (Å²) in [6, 6.07) is 9.70. The van der Waals surface area contributed by atoms with Crippen LogP contribution in [-0.2, 0) is 0 Å². The summed E-state index contributed by atoms with van der Waals surface area (Å²) in [6.45, 7) is 11.7. The molecule has 1 rings (SSSR count). The van der Waals surface area contributed by atoms with Crippen LogP contribution in [0.5, 0.6) is 0 Å². The second kappa shape index (κ2) is 7.32. The molecular formula is C15H26ClNSi. The SMILES string of the molecule is CCCNCC(C[Si](C)(C)C)c1ccc(Cl)cc1. The number of benzene rings is 1. The first-order valence-corrected chi connectivity index (χ1v) is 11.0. The smallest absolute Gasteiger partial charge is 0.0449 e. The Morgan fingerprint density at radius 2 is 1.78 bits per heavy atom. The fourth-order valence-electron chi connectivity index (χ4n) is 2.24. The Balaban J connectivity index is 2.72. The zero-order valence-corrected chi connectivity index (χ0v) is 13.8. The molecule has 0 spiro atoms. The molecule has 0 fully saturated rings. The van der Waals surface area contributed by atoms with Crippen molar-refractivity contribution in [2.75, 3.05) is 13.1 Å². The largest absolute Gasteiger partial charge is 0.316 e. The van der Waals surface area contributed by atoms with Crippen molar-refractivity contribution in [1.29, 1.82) is 0 Å². The molecule has 3 heteroatoms. The standard InChI is InChI=1S/C15H26ClNSi/c1-5-10-17-11-14(12-18(2,3)4)13-6-8-15(16)9-7-13/h6-9,14,17H,5,10-12H2,1-4H3. The van der Waals surface area contributed by atoms with Gasteiger partial charge in [-0.1, -0.05) is 50.3 Å². The first-order valence-electron chi connectivity index (χ1n) is 6.88. The Hall–Kier alpha value is -0.313. The summed E-state index contributed by atoms with van der Waals surface area (Å²) < 4.78 is 0. The van der Waals surface area contributed by atoms with Gasteiger partial charge in [0, 0.05) is 19.6 Å². The van der Waals surface area contributed by atoms with Crippen molar-refractivity contribution in [2.24, 2.45) is 0 Å². The number of halogens is 1. The fourth-order valence-corrected chi connectivity index (χ4v) is 4.22. The molecule has 0 aliphatic heterocycles. The highest BCUT2D eigenvalue weighted by Crippen LogP contribution is 2.27. The third-order valence-corrected chi connectivity index (χ3v) is 4.99. The first-order chi connectivity index (χ1) is 8.42. The molecule has 1 aromatic carbocycles. The van der Waals surface area contributed by atoms with Crippen molar-refractivity contribution >= 4 is 19.7 Å². The van der Waals surface area contributed by atoms with E-state index in [1.165, 1.54) is 18.0 Å². The Kier molecular flexibility index (Phi) is 6.40. The van der Waals surface area contributed by atoms with Crippen LogP contribution >= 0.6 is 11.6 Å². The minimum Gasteiger partial charge on any atom is -0.316 e. The first kappa shape index (κ1) is 15.7. The average Bonchev–Trinajstić information content (AvgIpc) is 2.27. The van der Waals surface area contributed by atoms with Gasteiger partial charge < -0.3 is 5.32 Å². The van der Waals surface area contributed by atoms with Gasteiger partial charge in [-0.2, -0.15) is 0 Å². The molecule has 1 atom stereocenters. The summed E-state index contributed by atoms with van der Waals surface area (Å²) >= 11 is 5.97. The van der Waals surface area contributed by atoms with Crippen LogP contribution in [0.2, 0.25) is 30.7 Å². The van der Waals surface area contributed by atoms with Crippen molar-refractivity contribution in [3.05, 3.63) is 34.9 Å². The highest BCUT2D eigenvalue weighted by Gasteiger charge is 2.21. The molecule has 102 valence electrons. The van der Waals surface area contributed by atoms with E-state index in [-0.39, 0.29) is 0 Å². The van der Waals surface area contributed by atoms with E-state index in [0.29, 0.717) is 5.92 Å². The van der Waals surface area contributed by atoms with Gasteiger partial charge in [0.2, 0.25) is 0 Å². The Morgan fingerprint density at radius 1 is 1.17 bits per heavy atom. The molecule has 0 saturated carbocycles. The van der Waals surface area contributed by atoms with Crippen molar-refractivity contribution in [3.8, 4) is 0 Å². The van der Waals surface area contributed by atoms with E-state index in [2.05, 4.69) is 44.0 Å². The highest BCUT2D eigenvalue weighted by atomic mass is 35.5. The lowest BCUT2D eigenvalue weighted by molar-refractivity contribution is 0.605. The fraction of sp³-hybridized carbons (Fsp3) is 0.600. The minimum absolute atomic E-state index is 0.625. The maximum Gasteiger partial charge on any atom is 0.0449 e. The summed E-state index contributed by atoms with van der Waals surface area (Å²) in [7, 11) is -1.05. The van der Waals surface area contributed by atoms with Gasteiger partial charge >= 0.3 is 0 Å². The van der Waals surface area contributed by atoms with Gasteiger partial charge in [-0.25, -0.2) is 0 Å². The predicted octanol–water partition coefficient (Wildman–Crippen LogP) is 4.76. The molecule has 1 aromatic rings. The maximum atomic E-state index is 5.97. The summed E-state index contributed by atoms with van der Waals surface area (Å²) in [5.74, 6) is 0.625. The Bertz CT molecular complexity index is 343. The Labute approximate surface area is 118 Å². The van der Waals surface area contributed by atoms with Gasteiger partial charge in [0.05, 0.1) is 0 Å². The van der Waals surface area contributed by atoms with E-state index in [1.54, 1.807) is 0 Å². The molecule has 0 aliphatic carbocycles. The van der Waals surface area contributed by atoms with E-state index in [1.807, 2.05) is 12.1 Å². The second-order valence-corrected chi connectivity index (χ2v) is 12.2. The van der Waals surface area contributed by atoms with Gasteiger partial charge in [-0.3, -0.25) is 0 Å². The lowest BCUT2D eigenvalue weighted by atomic mass is 10.0. The molecule has 0 heterocycles. The lowest BCUT2D eigenvalue weighted by Crippen LogP contribution is -2.29. The molecule has 0 aromatic heterocycles. The van der Waals surface area contributed by atoms with Crippen molar-refractivity contribution < 1.29 is 0 Å². The molecule has 18 heavy (non-hydrogen) atoms. The molecule has 0 amide bonds. The van der Waals surface area contributed by atoms with Crippen LogP contribution in [0, 0.1) is 0 Å². The molecule has 1 N–H and O–H groups in total. The van der Waals surface area contributed by atoms with Crippen LogP contribution in [0.15, 0.2) is 24.3 Å². The third-order valence-electron chi connectivity index (χ3n) is 3.02. The zero-order chi connectivity index (χ0) is 13.6. The molecule has 0 saturated heterocycles. The van der Waals surface area contributed by atoms with E-state index in [9.17, 15) is 0 Å². The third kappa shape index (κ3) is 6.03. The molecule has 0 bridgehead atoms. The highest BCUT2D eigenvalue weighted by molar-refractivity contribution is 6.76. The van der Waals surface area contributed by atoms with Crippen molar-refractivity contribution in [2.45, 2.75) is 44.9 Å². The maximum absolute atomic E-state index is 5.97. The van der Waals surface area contributed by atoms with Crippen LogP contribution in [0.1, 0.15) is 24.8 Å². The quantitative estimate of drug-likeness (QED) is 0.562. The summed E-state index contributed by atoms with van der Waals surface area (Å²) in [4.78, 5) is 0. The Morgan fingerprint density at radius 3 is 2.28 bits per heavy atom. The van der Waals surface area contributed by atoms with Gasteiger partial charge in [-0.15, -0.1) is 0 Å². The monoisotopic (exact) mass is 283 g/mol. The minimum atomic E-state index is -1.05. The normalized spacial score (nSPS) is 13.6. The summed E-state index contributed by atoms with van der Waals surface area (Å²) in [5.41, 5.74) is 1.42.